The summed E-state index contributed by atoms with van der Waals surface area (Å²) >= 11 is 0. The summed E-state index contributed by atoms with van der Waals surface area (Å²) in [5.74, 6) is 0.761. The van der Waals surface area contributed by atoms with Crippen molar-refractivity contribution in [3.05, 3.63) is 23.9 Å². The van der Waals surface area contributed by atoms with Crippen molar-refractivity contribution in [3.8, 4) is 5.88 Å². The number of hydrogen-bond acceptors (Lipinski definition) is 4. The van der Waals surface area contributed by atoms with Crippen LogP contribution >= 0.6 is 0 Å². The summed E-state index contributed by atoms with van der Waals surface area (Å²) in [6.07, 6.45) is 5.64. The fourth-order valence-corrected chi connectivity index (χ4v) is 2.37. The number of nitrogens with zero attached hydrogens (tertiary/aromatic N) is 1. The zero-order valence-electron chi connectivity index (χ0n) is 12.0. The molecule has 106 valence electrons. The number of pyridine rings is 1. The molecule has 0 aliphatic carbocycles. The van der Waals surface area contributed by atoms with Crippen LogP contribution in [0.15, 0.2) is 18.3 Å². The van der Waals surface area contributed by atoms with Gasteiger partial charge in [0.1, 0.15) is 0 Å². The smallest absolute Gasteiger partial charge is 0.218 e. The lowest BCUT2D eigenvalue weighted by Gasteiger charge is -2.18. The number of nitrogens with one attached hydrogen (secondary N) is 2. The lowest BCUT2D eigenvalue weighted by molar-refractivity contribution is 0.229. The van der Waals surface area contributed by atoms with Crippen molar-refractivity contribution in [2.45, 2.75) is 51.8 Å². The van der Waals surface area contributed by atoms with E-state index in [2.05, 4.69) is 21.7 Å². The van der Waals surface area contributed by atoms with Crippen LogP contribution < -0.4 is 15.4 Å². The summed E-state index contributed by atoms with van der Waals surface area (Å²) in [5, 5.41) is 7.07. The van der Waals surface area contributed by atoms with Crippen LogP contribution in [0, 0.1) is 0 Å². The predicted octanol–water partition coefficient (Wildman–Crippen LogP) is 2.10. The lowest BCUT2D eigenvalue weighted by Crippen LogP contribution is -2.29. The molecule has 2 heterocycles. The summed E-state index contributed by atoms with van der Waals surface area (Å²) in [4.78, 5) is 4.33. The molecular weight excluding hydrogens is 238 g/mol. The van der Waals surface area contributed by atoms with E-state index in [1.54, 1.807) is 6.20 Å². The molecule has 0 saturated carbocycles. The van der Waals surface area contributed by atoms with Gasteiger partial charge in [0.05, 0.1) is 6.10 Å². The second-order valence-corrected chi connectivity index (χ2v) is 5.39. The Morgan fingerprint density at radius 2 is 2.32 bits per heavy atom. The number of rotatable bonds is 5. The Bertz CT molecular complexity index is 373. The molecule has 0 spiro atoms. The van der Waals surface area contributed by atoms with Crippen molar-refractivity contribution in [2.24, 2.45) is 0 Å². The van der Waals surface area contributed by atoms with E-state index in [9.17, 15) is 0 Å². The van der Waals surface area contributed by atoms with Gasteiger partial charge in [-0.25, -0.2) is 4.98 Å². The molecule has 2 N–H and O–H groups in total. The highest BCUT2D eigenvalue weighted by Gasteiger charge is 2.13. The molecule has 0 bridgehead atoms. The predicted molar refractivity (Wildman–Crippen MR) is 77.3 cm³/mol. The average Bonchev–Trinajstić information content (AvgIpc) is 2.65. The third-order valence-electron chi connectivity index (χ3n) is 3.35. The molecule has 4 heteroatoms. The van der Waals surface area contributed by atoms with Gasteiger partial charge in [-0.15, -0.1) is 0 Å². The summed E-state index contributed by atoms with van der Waals surface area (Å²) in [6, 6.07) is 4.66. The summed E-state index contributed by atoms with van der Waals surface area (Å²) < 4.78 is 5.75. The first kappa shape index (κ1) is 14.3. The van der Waals surface area contributed by atoms with Gasteiger partial charge in [-0.2, -0.15) is 0 Å². The van der Waals surface area contributed by atoms with E-state index in [4.69, 9.17) is 4.74 Å². The molecular formula is C15H25N3O. The second-order valence-electron chi connectivity index (χ2n) is 5.39. The standard InChI is InChI=1S/C15H25N3O/c1-12(2)19-15-13(5-3-9-17-15)11-18-14-6-4-8-16-10-7-14/h3,5,9,12,14,16,18H,4,6-8,10-11H2,1-2H3. The zero-order valence-corrected chi connectivity index (χ0v) is 12.0. The Hall–Kier alpha value is -1.13. The Balaban J connectivity index is 1.90. The van der Waals surface area contributed by atoms with E-state index in [0.717, 1.165) is 31.1 Å². The number of hydrogen-bond donors (Lipinski definition) is 2. The molecule has 0 aromatic carbocycles. The van der Waals surface area contributed by atoms with Crippen LogP contribution in [0.1, 0.15) is 38.7 Å². The largest absolute Gasteiger partial charge is 0.475 e. The molecule has 1 aliphatic heterocycles. The summed E-state index contributed by atoms with van der Waals surface area (Å²) in [6.45, 7) is 7.15. The van der Waals surface area contributed by atoms with Gasteiger partial charge in [0.25, 0.3) is 0 Å². The molecule has 19 heavy (non-hydrogen) atoms. The number of aromatic nitrogens is 1. The molecule has 1 aromatic rings. The lowest BCUT2D eigenvalue weighted by atomic mass is 10.1. The topological polar surface area (TPSA) is 46.2 Å². The summed E-state index contributed by atoms with van der Waals surface area (Å²) in [5.41, 5.74) is 1.15. The highest BCUT2D eigenvalue weighted by atomic mass is 16.5. The van der Waals surface area contributed by atoms with Gasteiger partial charge in [0.15, 0.2) is 0 Å². The van der Waals surface area contributed by atoms with E-state index >= 15 is 0 Å². The molecule has 1 unspecified atom stereocenters. The van der Waals surface area contributed by atoms with Crippen molar-refractivity contribution in [1.82, 2.24) is 15.6 Å². The zero-order chi connectivity index (χ0) is 13.5. The SMILES string of the molecule is CC(C)Oc1ncccc1CNC1CCCNCC1. The molecule has 2 rings (SSSR count). The van der Waals surface area contributed by atoms with Gasteiger partial charge < -0.3 is 15.4 Å². The van der Waals surface area contributed by atoms with E-state index in [1.165, 1.54) is 19.3 Å². The fourth-order valence-electron chi connectivity index (χ4n) is 2.37. The maximum Gasteiger partial charge on any atom is 0.218 e. The highest BCUT2D eigenvalue weighted by molar-refractivity contribution is 5.25. The van der Waals surface area contributed by atoms with Crippen LogP contribution in [-0.4, -0.2) is 30.2 Å². The molecule has 1 aliphatic rings. The third kappa shape index (κ3) is 4.80. The normalized spacial score (nSPS) is 20.3. The molecule has 1 atom stereocenters. The maximum atomic E-state index is 5.75. The van der Waals surface area contributed by atoms with Gasteiger partial charge >= 0.3 is 0 Å². The van der Waals surface area contributed by atoms with E-state index < -0.39 is 0 Å². The monoisotopic (exact) mass is 263 g/mol. The van der Waals surface area contributed by atoms with Gasteiger partial charge in [-0.1, -0.05) is 6.07 Å². The molecule has 1 aromatic heterocycles. The fraction of sp³-hybridized carbons (Fsp3) is 0.667. The van der Waals surface area contributed by atoms with Crippen molar-refractivity contribution in [3.63, 3.8) is 0 Å². The minimum absolute atomic E-state index is 0.163. The van der Waals surface area contributed by atoms with E-state index in [1.807, 2.05) is 19.9 Å². The first-order valence-corrected chi connectivity index (χ1v) is 7.30. The average molecular weight is 263 g/mol. The van der Waals surface area contributed by atoms with E-state index in [0.29, 0.717) is 6.04 Å². The van der Waals surface area contributed by atoms with Crippen LogP contribution in [0.25, 0.3) is 0 Å². The number of ether oxygens (including phenoxy) is 1. The van der Waals surface area contributed by atoms with Crippen LogP contribution in [0.5, 0.6) is 5.88 Å². The third-order valence-corrected chi connectivity index (χ3v) is 3.35. The molecule has 4 nitrogen and oxygen atoms in total. The van der Waals surface area contributed by atoms with Crippen LogP contribution in [0.3, 0.4) is 0 Å². The van der Waals surface area contributed by atoms with Gasteiger partial charge in [-0.05, 0) is 52.3 Å². The van der Waals surface area contributed by atoms with Crippen LogP contribution in [0.2, 0.25) is 0 Å². The van der Waals surface area contributed by atoms with E-state index in [-0.39, 0.29) is 6.10 Å². The maximum absolute atomic E-state index is 5.75. The van der Waals surface area contributed by atoms with Crippen molar-refractivity contribution in [2.75, 3.05) is 13.1 Å². The summed E-state index contributed by atoms with van der Waals surface area (Å²) in [7, 11) is 0. The first-order chi connectivity index (χ1) is 9.25. The van der Waals surface area contributed by atoms with Crippen LogP contribution in [0.4, 0.5) is 0 Å². The van der Waals surface area contributed by atoms with Crippen molar-refractivity contribution in [1.29, 1.82) is 0 Å². The van der Waals surface area contributed by atoms with Crippen molar-refractivity contribution < 1.29 is 4.74 Å². The van der Waals surface area contributed by atoms with Gasteiger partial charge in [0.2, 0.25) is 5.88 Å². The quantitative estimate of drug-likeness (QED) is 0.854. The highest BCUT2D eigenvalue weighted by Crippen LogP contribution is 2.16. The Labute approximate surface area is 116 Å². The Morgan fingerprint density at radius 1 is 1.42 bits per heavy atom. The Kier molecular flexibility index (Phi) is 5.61. The minimum Gasteiger partial charge on any atom is -0.475 e. The molecule has 0 amide bonds. The molecule has 1 fully saturated rings. The first-order valence-electron chi connectivity index (χ1n) is 7.30. The minimum atomic E-state index is 0.163. The van der Waals surface area contributed by atoms with Gasteiger partial charge in [0, 0.05) is 24.3 Å². The second kappa shape index (κ2) is 7.46. The molecule has 0 radical (unpaired) electrons. The van der Waals surface area contributed by atoms with Gasteiger partial charge in [-0.3, -0.25) is 0 Å². The van der Waals surface area contributed by atoms with Crippen LogP contribution in [-0.2, 0) is 6.54 Å². The molecule has 1 saturated heterocycles. The Morgan fingerprint density at radius 3 is 3.16 bits per heavy atom. The van der Waals surface area contributed by atoms with Crippen molar-refractivity contribution >= 4 is 0 Å².